The van der Waals surface area contributed by atoms with E-state index in [9.17, 15) is 4.79 Å². The monoisotopic (exact) mass is 394 g/mol. The van der Waals surface area contributed by atoms with E-state index in [1.165, 1.54) is 4.90 Å². The van der Waals surface area contributed by atoms with Gasteiger partial charge in [-0.3, -0.25) is 9.69 Å². The molecule has 1 aliphatic heterocycles. The van der Waals surface area contributed by atoms with Crippen LogP contribution in [0.25, 0.3) is 6.08 Å². The molecule has 2 heterocycles. The van der Waals surface area contributed by atoms with Gasteiger partial charge in [-0.25, -0.2) is 0 Å². The molecule has 0 unspecified atom stereocenters. The molecule has 1 aromatic carbocycles. The van der Waals surface area contributed by atoms with Gasteiger partial charge in [-0.15, -0.1) is 11.3 Å². The van der Waals surface area contributed by atoms with E-state index in [4.69, 9.17) is 17.0 Å². The summed E-state index contributed by atoms with van der Waals surface area (Å²) in [6.45, 7) is 0. The highest BCUT2D eigenvalue weighted by Crippen LogP contribution is 2.28. The Hall–Kier alpha value is -1.70. The Morgan fingerprint density at radius 2 is 2.18 bits per heavy atom. The summed E-state index contributed by atoms with van der Waals surface area (Å²) in [6, 6.07) is 11.1. The van der Waals surface area contributed by atoms with Crippen LogP contribution in [0.4, 0.5) is 5.69 Å². The molecule has 7 heteroatoms. The largest absolute Gasteiger partial charge is 0.497 e. The third kappa shape index (κ3) is 2.92. The fourth-order valence-electron chi connectivity index (χ4n) is 2.07. The molecule has 112 valence electrons. The van der Waals surface area contributed by atoms with Gasteiger partial charge in [0.15, 0.2) is 5.11 Å². The zero-order chi connectivity index (χ0) is 15.7. The molecule has 0 saturated carbocycles. The molecule has 4 nitrogen and oxygen atoms in total. The molecule has 1 aromatic heterocycles. The lowest BCUT2D eigenvalue weighted by Crippen LogP contribution is -2.30. The smallest absolute Gasteiger partial charge is 0.281 e. The number of thiophene rings is 1. The number of carbonyl (C=O) groups is 1. The Labute approximate surface area is 145 Å². The normalized spacial score (nSPS) is 16.3. The van der Waals surface area contributed by atoms with Crippen LogP contribution in [0.3, 0.4) is 0 Å². The molecule has 0 aliphatic carbocycles. The molecule has 1 N–H and O–H groups in total. The number of methoxy groups -OCH3 is 1. The summed E-state index contributed by atoms with van der Waals surface area (Å²) in [6.07, 6.45) is 1.80. The maximum Gasteiger partial charge on any atom is 0.281 e. The minimum atomic E-state index is -0.178. The topological polar surface area (TPSA) is 41.6 Å². The summed E-state index contributed by atoms with van der Waals surface area (Å²) < 4.78 is 6.20. The molecule has 0 spiro atoms. The van der Waals surface area contributed by atoms with Gasteiger partial charge in [0.25, 0.3) is 5.91 Å². The predicted octanol–water partition coefficient (Wildman–Crippen LogP) is 3.78. The minimum absolute atomic E-state index is 0.178. The average molecular weight is 395 g/mol. The number of ether oxygens (including phenoxy) is 1. The Morgan fingerprint density at radius 3 is 2.86 bits per heavy atom. The third-order valence-electron chi connectivity index (χ3n) is 3.07. The molecule has 1 amide bonds. The van der Waals surface area contributed by atoms with E-state index >= 15 is 0 Å². The summed E-state index contributed by atoms with van der Waals surface area (Å²) in [5.41, 5.74) is 1.14. The summed E-state index contributed by atoms with van der Waals surface area (Å²) in [4.78, 5) is 15.0. The molecular formula is C15H11BrN2O2S2. The molecule has 0 bridgehead atoms. The van der Waals surface area contributed by atoms with Crippen molar-refractivity contribution in [2.45, 2.75) is 0 Å². The average Bonchev–Trinajstić information content (AvgIpc) is 3.03. The van der Waals surface area contributed by atoms with Crippen molar-refractivity contribution in [2.24, 2.45) is 0 Å². The molecule has 2 aromatic rings. The van der Waals surface area contributed by atoms with E-state index in [-0.39, 0.29) is 5.91 Å². The van der Waals surface area contributed by atoms with E-state index < -0.39 is 0 Å². The number of anilines is 1. The number of halogens is 1. The standard InChI is InChI=1S/C15H11BrN2O2S2/c1-20-10-4-2-3-9(7-10)18-14(19)12(17-15(18)21)8-11-5-6-13(16)22-11/h2-8H,1H3,(H,17,21)/b12-8+. The van der Waals surface area contributed by atoms with E-state index in [1.54, 1.807) is 30.6 Å². The molecule has 0 radical (unpaired) electrons. The number of thiocarbonyl (C=S) groups is 1. The van der Waals surface area contributed by atoms with Gasteiger partial charge in [-0.05, 0) is 58.5 Å². The third-order valence-corrected chi connectivity index (χ3v) is 4.93. The first-order valence-electron chi connectivity index (χ1n) is 6.35. The summed E-state index contributed by atoms with van der Waals surface area (Å²) >= 11 is 10.2. The van der Waals surface area contributed by atoms with E-state index in [2.05, 4.69) is 21.2 Å². The first-order chi connectivity index (χ1) is 10.6. The lowest BCUT2D eigenvalue weighted by Gasteiger charge is -2.14. The zero-order valence-electron chi connectivity index (χ0n) is 11.5. The molecule has 0 atom stereocenters. The fraction of sp³-hybridized carbons (Fsp3) is 0.0667. The van der Waals surface area contributed by atoms with Crippen molar-refractivity contribution < 1.29 is 9.53 Å². The lowest BCUT2D eigenvalue weighted by atomic mass is 10.2. The van der Waals surface area contributed by atoms with Gasteiger partial charge >= 0.3 is 0 Å². The first kappa shape index (κ1) is 15.2. The lowest BCUT2D eigenvalue weighted by molar-refractivity contribution is -0.113. The van der Waals surface area contributed by atoms with Gasteiger partial charge in [0, 0.05) is 10.9 Å². The van der Waals surface area contributed by atoms with Crippen LogP contribution < -0.4 is 15.0 Å². The quantitative estimate of drug-likeness (QED) is 0.635. The highest BCUT2D eigenvalue weighted by molar-refractivity contribution is 9.11. The molecular weight excluding hydrogens is 384 g/mol. The van der Waals surface area contributed by atoms with E-state index in [1.807, 2.05) is 30.3 Å². The van der Waals surface area contributed by atoms with Crippen LogP contribution in [0, 0.1) is 0 Å². The number of carbonyl (C=O) groups excluding carboxylic acids is 1. The molecule has 1 saturated heterocycles. The molecule has 22 heavy (non-hydrogen) atoms. The molecule has 1 fully saturated rings. The number of benzene rings is 1. The number of hydrogen-bond donors (Lipinski definition) is 1. The highest BCUT2D eigenvalue weighted by atomic mass is 79.9. The van der Waals surface area contributed by atoms with Crippen molar-refractivity contribution >= 4 is 62.3 Å². The SMILES string of the molecule is COc1cccc(N2C(=O)/C(=C\c3ccc(Br)s3)NC2=S)c1. The van der Waals surface area contributed by atoms with Crippen LogP contribution in [0.2, 0.25) is 0 Å². The van der Waals surface area contributed by atoms with Crippen LogP contribution in [0.1, 0.15) is 4.88 Å². The van der Waals surface area contributed by atoms with Crippen LogP contribution in [-0.2, 0) is 4.79 Å². The van der Waals surface area contributed by atoms with Crippen molar-refractivity contribution in [3.05, 3.63) is 50.8 Å². The second-order valence-corrected chi connectivity index (χ2v) is 7.35. The van der Waals surface area contributed by atoms with Gasteiger partial charge in [0.2, 0.25) is 0 Å². The number of amides is 1. The zero-order valence-corrected chi connectivity index (χ0v) is 14.7. The summed E-state index contributed by atoms with van der Waals surface area (Å²) in [7, 11) is 1.58. The second-order valence-electron chi connectivity index (χ2n) is 4.47. The Morgan fingerprint density at radius 1 is 1.36 bits per heavy atom. The number of nitrogens with one attached hydrogen (secondary N) is 1. The maximum absolute atomic E-state index is 12.6. The van der Waals surface area contributed by atoms with Gasteiger partial charge in [-0.1, -0.05) is 6.07 Å². The Balaban J connectivity index is 1.92. The van der Waals surface area contributed by atoms with Crippen LogP contribution in [0.15, 0.2) is 45.9 Å². The highest BCUT2D eigenvalue weighted by Gasteiger charge is 2.32. The fourth-order valence-corrected chi connectivity index (χ4v) is 3.73. The maximum atomic E-state index is 12.6. The van der Waals surface area contributed by atoms with Gasteiger partial charge in [0.1, 0.15) is 11.4 Å². The number of hydrogen-bond acceptors (Lipinski definition) is 4. The van der Waals surface area contributed by atoms with Gasteiger partial charge < -0.3 is 10.1 Å². The van der Waals surface area contributed by atoms with Crippen LogP contribution >= 0.6 is 39.5 Å². The van der Waals surface area contributed by atoms with Crippen LogP contribution in [0.5, 0.6) is 5.75 Å². The Kier molecular flexibility index (Phi) is 4.28. The summed E-state index contributed by atoms with van der Waals surface area (Å²) in [5.74, 6) is 0.496. The van der Waals surface area contributed by atoms with Gasteiger partial charge in [-0.2, -0.15) is 0 Å². The second kappa shape index (κ2) is 6.20. The van der Waals surface area contributed by atoms with E-state index in [0.29, 0.717) is 22.2 Å². The van der Waals surface area contributed by atoms with Crippen molar-refractivity contribution in [1.82, 2.24) is 5.32 Å². The Bertz CT molecular complexity index is 785. The van der Waals surface area contributed by atoms with Crippen molar-refractivity contribution in [1.29, 1.82) is 0 Å². The van der Waals surface area contributed by atoms with Gasteiger partial charge in [0.05, 0.1) is 16.6 Å². The number of nitrogens with zero attached hydrogens (tertiary/aromatic N) is 1. The minimum Gasteiger partial charge on any atom is -0.497 e. The molecule has 1 aliphatic rings. The number of rotatable bonds is 3. The van der Waals surface area contributed by atoms with Crippen molar-refractivity contribution in [3.8, 4) is 5.75 Å². The first-order valence-corrected chi connectivity index (χ1v) is 8.37. The van der Waals surface area contributed by atoms with Crippen molar-refractivity contribution in [2.75, 3.05) is 12.0 Å². The predicted molar refractivity (Wildman–Crippen MR) is 96.2 cm³/mol. The van der Waals surface area contributed by atoms with Crippen LogP contribution in [-0.4, -0.2) is 18.1 Å². The van der Waals surface area contributed by atoms with E-state index in [0.717, 1.165) is 8.66 Å². The molecule has 3 rings (SSSR count). The van der Waals surface area contributed by atoms with Crippen molar-refractivity contribution in [3.63, 3.8) is 0 Å². The summed E-state index contributed by atoms with van der Waals surface area (Å²) in [5, 5.41) is 3.33.